The molecular weight excluding hydrogens is 526 g/mol. The third-order valence-electron chi connectivity index (χ3n) is 11.0. The molecule has 7 nitrogen and oxygen atoms in total. The van der Waals surface area contributed by atoms with Crippen LogP contribution in [0.1, 0.15) is 115 Å². The molecule has 1 aromatic carbocycles. The molecule has 40 heavy (non-hydrogen) atoms. The van der Waals surface area contributed by atoms with Gasteiger partial charge >= 0.3 is 11.9 Å². The smallest absolute Gasteiger partial charge is 0.311 e. The summed E-state index contributed by atoms with van der Waals surface area (Å²) in [6, 6.07) is 6.02. The number of aliphatic hydroxyl groups excluding tert-OH is 1. The van der Waals surface area contributed by atoms with E-state index in [0.29, 0.717) is 29.9 Å². The molecule has 1 aromatic rings. The molecule has 0 radical (unpaired) electrons. The van der Waals surface area contributed by atoms with E-state index in [2.05, 4.69) is 31.4 Å². The van der Waals surface area contributed by atoms with Gasteiger partial charge in [0.25, 0.3) is 0 Å². The van der Waals surface area contributed by atoms with Gasteiger partial charge < -0.3 is 14.6 Å². The van der Waals surface area contributed by atoms with E-state index in [1.165, 1.54) is 11.1 Å². The number of carbonyl (C=O) groups excluding carboxylic acids is 2. The van der Waals surface area contributed by atoms with Crippen LogP contribution in [0.15, 0.2) is 22.8 Å². The molecule has 5 atom stereocenters. The number of aryl methyl sites for hydroxylation is 1. The molecule has 0 heterocycles. The van der Waals surface area contributed by atoms with Crippen LogP contribution >= 0.6 is 11.9 Å². The van der Waals surface area contributed by atoms with Crippen LogP contribution in [0.3, 0.4) is 0 Å². The lowest BCUT2D eigenvalue weighted by Crippen LogP contribution is -2.43. The fraction of sp³-hybridized carbons (Fsp3) is 0.750. The third-order valence-corrected chi connectivity index (χ3v) is 12.1. The van der Waals surface area contributed by atoms with Crippen molar-refractivity contribution in [2.45, 2.75) is 121 Å². The number of hydrogen-bond donors (Lipinski definition) is 1. The number of nitroso groups, excluding NO2 is 1. The number of rotatable bonds is 9. The highest BCUT2D eigenvalue weighted by molar-refractivity contribution is 7.99. The van der Waals surface area contributed by atoms with E-state index in [1.54, 1.807) is 0 Å². The average Bonchev–Trinajstić information content (AvgIpc) is 3.23. The van der Waals surface area contributed by atoms with Crippen LogP contribution in [0.5, 0.6) is 5.75 Å². The highest BCUT2D eigenvalue weighted by atomic mass is 32.2. The van der Waals surface area contributed by atoms with E-state index >= 15 is 0 Å². The first-order valence-corrected chi connectivity index (χ1v) is 16.0. The summed E-state index contributed by atoms with van der Waals surface area (Å²) < 4.78 is 13.9. The Kier molecular flexibility index (Phi) is 8.68. The molecule has 0 bridgehead atoms. The standard InChI is InChI=1S/C32H45NO6S/c1-30(2)14-16-32(17-15-30,40-33-37)18-19-38-28(35)10-11-29(36)39-22-5-7-23-21(20-22)4-6-25-24(23)12-13-31(3)26(25)8-9-27(31)34/h5,7,20,24-27,34H,4,6,8-19H2,1-3H3/t24-,25-,26+,27+,31+/m1/s1. The molecule has 0 aliphatic heterocycles. The largest absolute Gasteiger partial charge is 0.466 e. The number of aliphatic hydroxyl groups is 1. The molecule has 3 saturated carbocycles. The van der Waals surface area contributed by atoms with Gasteiger partial charge in [-0.1, -0.05) is 26.8 Å². The highest BCUT2D eigenvalue weighted by Gasteiger charge is 2.54. The second-order valence-corrected chi connectivity index (χ2v) is 15.1. The van der Waals surface area contributed by atoms with Crippen LogP contribution in [0.2, 0.25) is 0 Å². The molecule has 1 N–H and O–H groups in total. The van der Waals surface area contributed by atoms with E-state index in [-0.39, 0.29) is 41.1 Å². The lowest BCUT2D eigenvalue weighted by atomic mass is 9.55. The Morgan fingerprint density at radius 1 is 1.00 bits per heavy atom. The first kappa shape index (κ1) is 29.6. The maximum Gasteiger partial charge on any atom is 0.311 e. The molecule has 0 unspecified atom stereocenters. The summed E-state index contributed by atoms with van der Waals surface area (Å²) in [5.74, 6) is 1.40. The fourth-order valence-corrected chi connectivity index (χ4v) is 8.97. The maximum atomic E-state index is 12.5. The van der Waals surface area contributed by atoms with Crippen molar-refractivity contribution in [1.82, 2.24) is 0 Å². The normalized spacial score (nSPS) is 31.8. The van der Waals surface area contributed by atoms with Crippen LogP contribution in [0.25, 0.3) is 0 Å². The second kappa shape index (κ2) is 11.7. The Morgan fingerprint density at radius 2 is 1.75 bits per heavy atom. The maximum absolute atomic E-state index is 12.5. The number of benzene rings is 1. The average molecular weight is 572 g/mol. The van der Waals surface area contributed by atoms with Crippen molar-refractivity contribution in [2.75, 3.05) is 6.61 Å². The number of ether oxygens (including phenoxy) is 2. The Labute approximate surface area is 242 Å². The number of hydrogen-bond acceptors (Lipinski definition) is 8. The van der Waals surface area contributed by atoms with Crippen LogP contribution in [0, 0.1) is 27.6 Å². The molecule has 4 aliphatic rings. The van der Waals surface area contributed by atoms with Gasteiger partial charge in [-0.15, -0.1) is 4.91 Å². The van der Waals surface area contributed by atoms with Crippen molar-refractivity contribution in [3.63, 3.8) is 0 Å². The van der Waals surface area contributed by atoms with Gasteiger partial charge in [0.2, 0.25) is 0 Å². The van der Waals surface area contributed by atoms with Crippen molar-refractivity contribution in [3.8, 4) is 5.75 Å². The van der Waals surface area contributed by atoms with E-state index in [0.717, 1.165) is 76.2 Å². The van der Waals surface area contributed by atoms with Gasteiger partial charge in [0.15, 0.2) is 0 Å². The summed E-state index contributed by atoms with van der Waals surface area (Å²) in [4.78, 5) is 35.8. The second-order valence-electron chi connectivity index (χ2n) is 13.9. The van der Waals surface area contributed by atoms with Gasteiger partial charge in [-0.2, -0.15) is 0 Å². The van der Waals surface area contributed by atoms with Crippen molar-refractivity contribution < 1.29 is 24.2 Å². The number of carbonyl (C=O) groups is 2. The van der Waals surface area contributed by atoms with Crippen molar-refractivity contribution >= 4 is 23.9 Å². The highest BCUT2D eigenvalue weighted by Crippen LogP contribution is 2.61. The molecule has 0 saturated heterocycles. The van der Waals surface area contributed by atoms with Gasteiger partial charge in [0.1, 0.15) is 5.75 Å². The molecule has 8 heteroatoms. The molecule has 4 aliphatic carbocycles. The summed E-state index contributed by atoms with van der Waals surface area (Å²) in [6.45, 7) is 6.99. The van der Waals surface area contributed by atoms with E-state index < -0.39 is 11.9 Å². The molecule has 0 aromatic heterocycles. The topological polar surface area (TPSA) is 102 Å². The minimum absolute atomic E-state index is 0.0291. The zero-order chi connectivity index (χ0) is 28.5. The summed E-state index contributed by atoms with van der Waals surface area (Å²) in [7, 11) is 0. The summed E-state index contributed by atoms with van der Waals surface area (Å²) in [5.41, 5.74) is 2.97. The van der Waals surface area contributed by atoms with Crippen LogP contribution in [-0.4, -0.2) is 34.5 Å². The molecule has 3 fully saturated rings. The molecule has 0 spiro atoms. The number of fused-ring (bicyclic) bond motifs is 5. The Hall–Kier alpha value is -1.93. The minimum Gasteiger partial charge on any atom is -0.466 e. The van der Waals surface area contributed by atoms with E-state index in [4.69, 9.17) is 9.47 Å². The quantitative estimate of drug-likeness (QED) is 0.144. The first-order valence-electron chi connectivity index (χ1n) is 15.2. The monoisotopic (exact) mass is 571 g/mol. The van der Waals surface area contributed by atoms with Gasteiger partial charge in [0, 0.05) is 21.3 Å². The zero-order valence-corrected chi connectivity index (χ0v) is 25.1. The number of nitrogens with zero attached hydrogens (tertiary/aromatic N) is 1. The lowest BCUT2D eigenvalue weighted by molar-refractivity contribution is -0.147. The Bertz CT molecular complexity index is 1110. The SMILES string of the molecule is CC1(C)CCC(CCOC(=O)CCC(=O)Oc2ccc3c(c2)CC[C@@H]2[C@@H]3CC[C@]3(C)[C@@H](O)CC[C@@H]23)(SN=O)CC1. The fourth-order valence-electron chi connectivity index (χ4n) is 8.25. The van der Waals surface area contributed by atoms with Gasteiger partial charge in [-0.25, -0.2) is 0 Å². The summed E-state index contributed by atoms with van der Waals surface area (Å²) >= 11 is 1.09. The van der Waals surface area contributed by atoms with E-state index in [1.807, 2.05) is 12.1 Å². The minimum atomic E-state index is -0.439. The Balaban J connectivity index is 1.08. The van der Waals surface area contributed by atoms with Crippen molar-refractivity contribution in [1.29, 1.82) is 0 Å². The van der Waals surface area contributed by atoms with Crippen molar-refractivity contribution in [3.05, 3.63) is 34.2 Å². The van der Waals surface area contributed by atoms with Crippen LogP contribution < -0.4 is 4.74 Å². The predicted molar refractivity (Wildman–Crippen MR) is 156 cm³/mol. The van der Waals surface area contributed by atoms with Gasteiger partial charge in [-0.05, 0) is 122 Å². The Morgan fingerprint density at radius 3 is 2.50 bits per heavy atom. The third kappa shape index (κ3) is 6.13. The summed E-state index contributed by atoms with van der Waals surface area (Å²) in [5, 5.41) is 10.6. The van der Waals surface area contributed by atoms with Crippen LogP contribution in [0.4, 0.5) is 0 Å². The molecule has 220 valence electrons. The lowest BCUT2D eigenvalue weighted by Gasteiger charge is -2.50. The zero-order valence-electron chi connectivity index (χ0n) is 24.3. The van der Waals surface area contributed by atoms with E-state index in [9.17, 15) is 19.6 Å². The van der Waals surface area contributed by atoms with Crippen LogP contribution in [-0.2, 0) is 20.7 Å². The number of esters is 2. The molecule has 0 amide bonds. The van der Waals surface area contributed by atoms with Crippen molar-refractivity contribution in [2.24, 2.45) is 27.2 Å². The molecular formula is C32H45NO6S. The summed E-state index contributed by atoms with van der Waals surface area (Å²) in [6.07, 6.45) is 10.5. The first-order chi connectivity index (χ1) is 19.0. The van der Waals surface area contributed by atoms with Gasteiger partial charge in [-0.3, -0.25) is 9.59 Å². The van der Waals surface area contributed by atoms with Gasteiger partial charge in [0.05, 0.1) is 25.6 Å². The molecule has 5 rings (SSSR count). The predicted octanol–water partition coefficient (Wildman–Crippen LogP) is 7.28.